The van der Waals surface area contributed by atoms with Crippen LogP contribution < -0.4 is 11.1 Å². The number of aromatic nitrogens is 3. The summed E-state index contributed by atoms with van der Waals surface area (Å²) >= 11 is 0. The van der Waals surface area contributed by atoms with Gasteiger partial charge in [-0.05, 0) is 18.9 Å². The molecule has 1 heterocycles. The highest BCUT2D eigenvalue weighted by atomic mass is 16.1. The van der Waals surface area contributed by atoms with Crippen molar-refractivity contribution in [3.05, 3.63) is 12.2 Å². The SMILES string of the molecule is CC(CN)CCC(=O)NCc1ncn[nH]1. The van der Waals surface area contributed by atoms with E-state index >= 15 is 0 Å². The number of rotatable bonds is 6. The van der Waals surface area contributed by atoms with Crippen LogP contribution in [0.1, 0.15) is 25.6 Å². The Morgan fingerprint density at radius 1 is 1.73 bits per heavy atom. The molecule has 15 heavy (non-hydrogen) atoms. The van der Waals surface area contributed by atoms with Crippen molar-refractivity contribution in [2.75, 3.05) is 6.54 Å². The largest absolute Gasteiger partial charge is 0.349 e. The van der Waals surface area contributed by atoms with Crippen LogP contribution in [0.5, 0.6) is 0 Å². The topological polar surface area (TPSA) is 96.7 Å². The first kappa shape index (κ1) is 11.6. The molecule has 0 fully saturated rings. The Labute approximate surface area is 88.7 Å². The highest BCUT2D eigenvalue weighted by Gasteiger charge is 2.05. The van der Waals surface area contributed by atoms with Crippen molar-refractivity contribution < 1.29 is 4.79 Å². The summed E-state index contributed by atoms with van der Waals surface area (Å²) in [5, 5.41) is 9.11. The lowest BCUT2D eigenvalue weighted by molar-refractivity contribution is -0.121. The van der Waals surface area contributed by atoms with Gasteiger partial charge in [0.25, 0.3) is 0 Å². The maximum Gasteiger partial charge on any atom is 0.220 e. The van der Waals surface area contributed by atoms with E-state index in [2.05, 4.69) is 20.5 Å². The first-order valence-corrected chi connectivity index (χ1v) is 5.03. The van der Waals surface area contributed by atoms with Gasteiger partial charge in [-0.15, -0.1) is 0 Å². The first-order chi connectivity index (χ1) is 7.22. The molecular formula is C9H17N5O. The lowest BCUT2D eigenvalue weighted by Crippen LogP contribution is -2.24. The van der Waals surface area contributed by atoms with Crippen molar-refractivity contribution in [1.29, 1.82) is 0 Å². The summed E-state index contributed by atoms with van der Waals surface area (Å²) in [4.78, 5) is 15.2. The van der Waals surface area contributed by atoms with Gasteiger partial charge in [-0.1, -0.05) is 6.92 Å². The maximum absolute atomic E-state index is 11.3. The van der Waals surface area contributed by atoms with Gasteiger partial charge in [-0.25, -0.2) is 4.98 Å². The molecule has 0 saturated carbocycles. The average Bonchev–Trinajstić information content (AvgIpc) is 2.75. The van der Waals surface area contributed by atoms with Crippen molar-refractivity contribution in [2.45, 2.75) is 26.3 Å². The third-order valence-corrected chi connectivity index (χ3v) is 2.18. The van der Waals surface area contributed by atoms with E-state index in [1.165, 1.54) is 6.33 Å². The minimum absolute atomic E-state index is 0.0201. The molecule has 0 aliphatic heterocycles. The maximum atomic E-state index is 11.3. The zero-order valence-corrected chi connectivity index (χ0v) is 8.86. The van der Waals surface area contributed by atoms with E-state index in [4.69, 9.17) is 5.73 Å². The fraction of sp³-hybridized carbons (Fsp3) is 0.667. The van der Waals surface area contributed by atoms with Crippen LogP contribution >= 0.6 is 0 Å². The Bertz CT molecular complexity index is 285. The van der Waals surface area contributed by atoms with Crippen LogP contribution in [-0.2, 0) is 11.3 Å². The van der Waals surface area contributed by atoms with E-state index in [1.807, 2.05) is 6.92 Å². The second kappa shape index (κ2) is 6.13. The van der Waals surface area contributed by atoms with Crippen LogP contribution in [0, 0.1) is 5.92 Å². The summed E-state index contributed by atoms with van der Waals surface area (Å²) in [6.07, 6.45) is 2.74. The molecule has 1 atom stereocenters. The normalized spacial score (nSPS) is 12.4. The van der Waals surface area contributed by atoms with E-state index in [1.54, 1.807) is 0 Å². The number of H-pyrrole nitrogens is 1. The van der Waals surface area contributed by atoms with E-state index in [-0.39, 0.29) is 5.91 Å². The van der Waals surface area contributed by atoms with E-state index in [0.29, 0.717) is 31.3 Å². The molecule has 0 spiro atoms. The van der Waals surface area contributed by atoms with Gasteiger partial charge in [0.2, 0.25) is 5.91 Å². The smallest absolute Gasteiger partial charge is 0.220 e. The van der Waals surface area contributed by atoms with E-state index < -0.39 is 0 Å². The second-order valence-corrected chi connectivity index (χ2v) is 3.59. The van der Waals surface area contributed by atoms with Crippen molar-refractivity contribution in [3.8, 4) is 0 Å². The standard InChI is InChI=1S/C9H17N5O/c1-7(4-10)2-3-9(15)11-5-8-12-6-13-14-8/h6-7H,2-5,10H2,1H3,(H,11,15)(H,12,13,14). The highest BCUT2D eigenvalue weighted by Crippen LogP contribution is 2.02. The first-order valence-electron chi connectivity index (χ1n) is 5.03. The van der Waals surface area contributed by atoms with Crippen LogP contribution in [0.3, 0.4) is 0 Å². The highest BCUT2D eigenvalue weighted by molar-refractivity contribution is 5.75. The number of aromatic amines is 1. The minimum atomic E-state index is 0.0201. The molecule has 1 aromatic heterocycles. The molecule has 84 valence electrons. The Balaban J connectivity index is 2.14. The lowest BCUT2D eigenvalue weighted by Gasteiger charge is -2.07. The Morgan fingerprint density at radius 3 is 3.13 bits per heavy atom. The van der Waals surface area contributed by atoms with Gasteiger partial charge >= 0.3 is 0 Å². The number of carbonyl (C=O) groups is 1. The molecule has 0 aliphatic rings. The monoisotopic (exact) mass is 211 g/mol. The molecule has 1 aromatic rings. The molecule has 1 amide bonds. The molecule has 0 saturated heterocycles. The minimum Gasteiger partial charge on any atom is -0.349 e. The Kier molecular flexibility index (Phi) is 4.76. The number of nitrogens with zero attached hydrogens (tertiary/aromatic N) is 2. The fourth-order valence-electron chi connectivity index (χ4n) is 1.08. The van der Waals surface area contributed by atoms with Gasteiger partial charge in [-0.3, -0.25) is 9.89 Å². The zero-order chi connectivity index (χ0) is 11.1. The van der Waals surface area contributed by atoms with Gasteiger partial charge in [0.1, 0.15) is 12.2 Å². The molecular weight excluding hydrogens is 194 g/mol. The predicted octanol–water partition coefficient (Wildman–Crippen LogP) is -0.204. The van der Waals surface area contributed by atoms with Crippen molar-refractivity contribution in [2.24, 2.45) is 11.7 Å². The molecule has 0 aliphatic carbocycles. The van der Waals surface area contributed by atoms with E-state index in [0.717, 1.165) is 6.42 Å². The number of amides is 1. The van der Waals surface area contributed by atoms with Gasteiger partial charge in [0.15, 0.2) is 0 Å². The molecule has 6 heteroatoms. The van der Waals surface area contributed by atoms with Crippen LogP contribution in [-0.4, -0.2) is 27.6 Å². The van der Waals surface area contributed by atoms with Crippen LogP contribution in [0.4, 0.5) is 0 Å². The molecule has 4 N–H and O–H groups in total. The lowest BCUT2D eigenvalue weighted by atomic mass is 10.1. The Morgan fingerprint density at radius 2 is 2.53 bits per heavy atom. The molecule has 6 nitrogen and oxygen atoms in total. The van der Waals surface area contributed by atoms with Crippen LogP contribution in [0.15, 0.2) is 6.33 Å². The fourth-order valence-corrected chi connectivity index (χ4v) is 1.08. The molecule has 0 bridgehead atoms. The molecule has 0 aromatic carbocycles. The summed E-state index contributed by atoms with van der Waals surface area (Å²) in [6.45, 7) is 3.05. The van der Waals surface area contributed by atoms with Crippen molar-refractivity contribution in [1.82, 2.24) is 20.5 Å². The predicted molar refractivity (Wildman–Crippen MR) is 55.7 cm³/mol. The third kappa shape index (κ3) is 4.55. The number of hydrogen-bond donors (Lipinski definition) is 3. The second-order valence-electron chi connectivity index (χ2n) is 3.59. The van der Waals surface area contributed by atoms with Crippen molar-refractivity contribution >= 4 is 5.91 Å². The zero-order valence-electron chi connectivity index (χ0n) is 8.86. The van der Waals surface area contributed by atoms with Gasteiger partial charge in [-0.2, -0.15) is 5.10 Å². The quantitative estimate of drug-likeness (QED) is 0.607. The number of hydrogen-bond acceptors (Lipinski definition) is 4. The number of nitrogens with two attached hydrogens (primary N) is 1. The average molecular weight is 211 g/mol. The van der Waals surface area contributed by atoms with Gasteiger partial charge in [0.05, 0.1) is 6.54 Å². The summed E-state index contributed by atoms with van der Waals surface area (Å²) in [5.41, 5.74) is 5.45. The number of carbonyl (C=O) groups excluding carboxylic acids is 1. The Hall–Kier alpha value is -1.43. The summed E-state index contributed by atoms with van der Waals surface area (Å²) < 4.78 is 0. The van der Waals surface area contributed by atoms with Crippen molar-refractivity contribution in [3.63, 3.8) is 0 Å². The number of nitrogens with one attached hydrogen (secondary N) is 2. The molecule has 1 rings (SSSR count). The molecule has 0 radical (unpaired) electrons. The summed E-state index contributed by atoms with van der Waals surface area (Å²) in [6, 6.07) is 0. The molecule has 1 unspecified atom stereocenters. The third-order valence-electron chi connectivity index (χ3n) is 2.18. The van der Waals surface area contributed by atoms with Crippen LogP contribution in [0.2, 0.25) is 0 Å². The summed E-state index contributed by atoms with van der Waals surface area (Å²) in [7, 11) is 0. The van der Waals surface area contributed by atoms with Gasteiger partial charge < -0.3 is 11.1 Å². The van der Waals surface area contributed by atoms with E-state index in [9.17, 15) is 4.79 Å². The summed E-state index contributed by atoms with van der Waals surface area (Å²) in [5.74, 6) is 1.07. The van der Waals surface area contributed by atoms with Gasteiger partial charge in [0, 0.05) is 6.42 Å². The van der Waals surface area contributed by atoms with Crippen LogP contribution in [0.25, 0.3) is 0 Å².